The second-order valence-electron chi connectivity index (χ2n) is 9.24. The zero-order chi connectivity index (χ0) is 26.9. The number of anilines is 2. The molecule has 0 bridgehead atoms. The van der Waals surface area contributed by atoms with Gasteiger partial charge in [0.25, 0.3) is 5.91 Å². The minimum atomic E-state index is -4.58. The van der Waals surface area contributed by atoms with E-state index < -0.39 is 17.6 Å². The maximum Gasteiger partial charge on any atom is 0.416 e. The summed E-state index contributed by atoms with van der Waals surface area (Å²) in [5.41, 5.74) is 2.80. The second kappa shape index (κ2) is 10.1. The van der Waals surface area contributed by atoms with Crippen molar-refractivity contribution in [2.75, 3.05) is 10.2 Å². The zero-order valence-electron chi connectivity index (χ0n) is 20.5. The lowest BCUT2D eigenvalue weighted by atomic mass is 9.96. The monoisotopic (exact) mass is 515 g/mol. The van der Waals surface area contributed by atoms with E-state index in [2.05, 4.69) is 10.3 Å². The first-order chi connectivity index (χ1) is 18.2. The van der Waals surface area contributed by atoms with Crippen LogP contribution in [-0.4, -0.2) is 22.8 Å². The first-order valence-corrected chi connectivity index (χ1v) is 12.1. The number of alkyl halides is 3. The summed E-state index contributed by atoms with van der Waals surface area (Å²) in [5, 5.41) is 2.76. The number of carbonyl (C=O) groups excluding carboxylic acids is 2. The third kappa shape index (κ3) is 5.16. The number of nitrogens with zero attached hydrogens (tertiary/aromatic N) is 2. The first kappa shape index (κ1) is 25.2. The van der Waals surface area contributed by atoms with Crippen molar-refractivity contribution in [3.8, 4) is 11.1 Å². The van der Waals surface area contributed by atoms with Crippen molar-refractivity contribution in [1.82, 2.24) is 4.98 Å². The van der Waals surface area contributed by atoms with E-state index in [1.807, 2.05) is 13.0 Å². The lowest BCUT2D eigenvalue weighted by molar-refractivity contribution is -0.137. The Morgan fingerprint density at radius 3 is 2.45 bits per heavy atom. The zero-order valence-corrected chi connectivity index (χ0v) is 20.5. The van der Waals surface area contributed by atoms with E-state index in [1.165, 1.54) is 6.07 Å². The Hall–Kier alpha value is -4.46. The van der Waals surface area contributed by atoms with Crippen LogP contribution in [0.3, 0.4) is 0 Å². The number of hydrogen-bond acceptors (Lipinski definition) is 3. The van der Waals surface area contributed by atoms with E-state index in [1.54, 1.807) is 71.8 Å². The topological polar surface area (TPSA) is 62.3 Å². The second-order valence-corrected chi connectivity index (χ2v) is 9.24. The maximum absolute atomic E-state index is 13.5. The van der Waals surface area contributed by atoms with Gasteiger partial charge in [0, 0.05) is 34.9 Å². The van der Waals surface area contributed by atoms with Gasteiger partial charge in [-0.3, -0.25) is 14.6 Å². The molecule has 0 radical (unpaired) electrons. The fourth-order valence-electron chi connectivity index (χ4n) is 4.81. The summed E-state index contributed by atoms with van der Waals surface area (Å²) >= 11 is 0. The van der Waals surface area contributed by atoms with Gasteiger partial charge in [0.1, 0.15) is 0 Å². The average Bonchev–Trinajstić information content (AvgIpc) is 3.24. The minimum Gasteiger partial charge on any atom is -0.322 e. The summed E-state index contributed by atoms with van der Waals surface area (Å²) in [6.07, 6.45) is -2.18. The quantitative estimate of drug-likeness (QED) is 0.328. The summed E-state index contributed by atoms with van der Waals surface area (Å²) in [6, 6.07) is 22.5. The van der Waals surface area contributed by atoms with Gasteiger partial charge in [-0.25, -0.2) is 0 Å². The number of rotatable bonds is 5. The van der Waals surface area contributed by atoms with Crippen LogP contribution in [0.4, 0.5) is 24.5 Å². The highest BCUT2D eigenvalue weighted by atomic mass is 19.4. The molecule has 8 heteroatoms. The molecule has 1 N–H and O–H groups in total. The van der Waals surface area contributed by atoms with Gasteiger partial charge in [0.2, 0.25) is 5.91 Å². The molecule has 38 heavy (non-hydrogen) atoms. The number of fused-ring (bicyclic) bond motifs is 1. The van der Waals surface area contributed by atoms with E-state index in [4.69, 9.17) is 0 Å². The van der Waals surface area contributed by atoms with Crippen LogP contribution in [0.1, 0.15) is 34.1 Å². The molecular formula is C30H24F3N3O2. The Kier molecular flexibility index (Phi) is 6.72. The van der Waals surface area contributed by atoms with Gasteiger partial charge in [-0.05, 0) is 72.5 Å². The molecule has 0 saturated heterocycles. The summed E-state index contributed by atoms with van der Waals surface area (Å²) in [5.74, 6) is -0.729. The van der Waals surface area contributed by atoms with E-state index in [9.17, 15) is 22.8 Å². The number of aromatic nitrogens is 1. The molecule has 5 nitrogen and oxygen atoms in total. The normalized spacial score (nSPS) is 14.7. The van der Waals surface area contributed by atoms with Crippen LogP contribution < -0.4 is 10.2 Å². The van der Waals surface area contributed by atoms with E-state index in [0.717, 1.165) is 23.4 Å². The Balaban J connectivity index is 1.41. The van der Waals surface area contributed by atoms with Crippen molar-refractivity contribution in [2.45, 2.75) is 32.0 Å². The number of benzene rings is 3. The number of amides is 2. The number of carbonyl (C=O) groups is 2. The molecular weight excluding hydrogens is 491 g/mol. The average molecular weight is 516 g/mol. The predicted molar refractivity (Wildman–Crippen MR) is 140 cm³/mol. The van der Waals surface area contributed by atoms with Gasteiger partial charge in [-0.2, -0.15) is 13.2 Å². The van der Waals surface area contributed by atoms with Crippen molar-refractivity contribution in [3.05, 3.63) is 114 Å². The molecule has 4 aromatic rings. The number of nitrogens with one attached hydrogen (secondary N) is 1. The van der Waals surface area contributed by atoms with Crippen LogP contribution in [0.5, 0.6) is 0 Å². The van der Waals surface area contributed by atoms with Crippen LogP contribution in [0.15, 0.2) is 91.1 Å². The summed E-state index contributed by atoms with van der Waals surface area (Å²) in [4.78, 5) is 32.3. The van der Waals surface area contributed by atoms with Gasteiger partial charge in [-0.1, -0.05) is 42.5 Å². The highest BCUT2D eigenvalue weighted by Crippen LogP contribution is 2.36. The highest BCUT2D eigenvalue weighted by molar-refractivity contribution is 6.09. The molecule has 192 valence electrons. The molecule has 3 aromatic carbocycles. The predicted octanol–water partition coefficient (Wildman–Crippen LogP) is 6.54. The lowest BCUT2D eigenvalue weighted by Crippen LogP contribution is -2.36. The molecule has 1 aliphatic rings. The van der Waals surface area contributed by atoms with Crippen LogP contribution in [0.2, 0.25) is 0 Å². The Bertz CT molecular complexity index is 1490. The fraction of sp³-hybridized carbons (Fsp3) is 0.167. The van der Waals surface area contributed by atoms with Crippen molar-refractivity contribution in [3.63, 3.8) is 0 Å². The van der Waals surface area contributed by atoms with E-state index in [0.29, 0.717) is 28.9 Å². The molecule has 2 amide bonds. The third-order valence-electron chi connectivity index (χ3n) is 6.56. The van der Waals surface area contributed by atoms with Crippen molar-refractivity contribution in [2.24, 2.45) is 0 Å². The van der Waals surface area contributed by atoms with Crippen molar-refractivity contribution < 1.29 is 22.8 Å². The minimum absolute atomic E-state index is 0.0768. The molecule has 1 unspecified atom stereocenters. The van der Waals surface area contributed by atoms with Crippen molar-refractivity contribution in [1.29, 1.82) is 0 Å². The Morgan fingerprint density at radius 2 is 1.74 bits per heavy atom. The van der Waals surface area contributed by atoms with Gasteiger partial charge >= 0.3 is 6.18 Å². The molecule has 0 fully saturated rings. The smallest absolute Gasteiger partial charge is 0.322 e. The molecule has 0 saturated carbocycles. The van der Waals surface area contributed by atoms with Gasteiger partial charge in [0.15, 0.2) is 0 Å². The molecule has 5 rings (SSSR count). The summed E-state index contributed by atoms with van der Waals surface area (Å²) < 4.78 is 40.4. The standard InChI is InChI=1S/C30H24F3N3O2/c1-19-15-21-16-24(11-13-27(21)36(19)28(37)18-23-9-5-6-14-34-23)35-29(38)26-17-22(30(31,32)33)10-12-25(26)20-7-3-2-4-8-20/h2-14,16-17,19H,15,18H2,1H3,(H,35,38). The maximum atomic E-state index is 13.5. The molecule has 1 aromatic heterocycles. The van der Waals surface area contributed by atoms with E-state index in [-0.39, 0.29) is 23.9 Å². The van der Waals surface area contributed by atoms with Crippen LogP contribution in [0, 0.1) is 0 Å². The Labute approximate surface area is 218 Å². The summed E-state index contributed by atoms with van der Waals surface area (Å²) in [7, 11) is 0. The molecule has 0 spiro atoms. The lowest BCUT2D eigenvalue weighted by Gasteiger charge is -2.22. The molecule has 2 heterocycles. The Morgan fingerprint density at radius 1 is 0.974 bits per heavy atom. The van der Waals surface area contributed by atoms with Crippen LogP contribution in [0.25, 0.3) is 11.1 Å². The summed E-state index contributed by atoms with van der Waals surface area (Å²) in [6.45, 7) is 1.95. The molecule has 1 aliphatic heterocycles. The van der Waals surface area contributed by atoms with Crippen molar-refractivity contribution >= 4 is 23.2 Å². The SMILES string of the molecule is CC1Cc2cc(NC(=O)c3cc(C(F)(F)F)ccc3-c3ccccc3)ccc2N1C(=O)Cc1ccccn1. The largest absolute Gasteiger partial charge is 0.416 e. The first-order valence-electron chi connectivity index (χ1n) is 12.1. The van der Waals surface area contributed by atoms with E-state index >= 15 is 0 Å². The van der Waals surface area contributed by atoms with Crippen LogP contribution in [-0.2, 0) is 23.8 Å². The van der Waals surface area contributed by atoms with Crippen LogP contribution >= 0.6 is 0 Å². The number of hydrogen-bond donors (Lipinski definition) is 1. The number of pyridine rings is 1. The molecule has 1 atom stereocenters. The highest BCUT2D eigenvalue weighted by Gasteiger charge is 2.33. The fourth-order valence-corrected chi connectivity index (χ4v) is 4.81. The molecule has 0 aliphatic carbocycles. The number of halogens is 3. The van der Waals surface area contributed by atoms with Gasteiger partial charge in [-0.15, -0.1) is 0 Å². The third-order valence-corrected chi connectivity index (χ3v) is 6.56. The van der Waals surface area contributed by atoms with Gasteiger partial charge in [0.05, 0.1) is 12.0 Å². The van der Waals surface area contributed by atoms with Gasteiger partial charge < -0.3 is 10.2 Å².